The van der Waals surface area contributed by atoms with E-state index >= 15 is 0 Å². The zero-order chi connectivity index (χ0) is 31.8. The Labute approximate surface area is 278 Å². The maximum atomic E-state index is 13.8. The Hall–Kier alpha value is -2.63. The van der Waals surface area contributed by atoms with Crippen molar-refractivity contribution in [3.8, 4) is 0 Å². The zero-order valence-electron chi connectivity index (χ0n) is 26.2. The summed E-state index contributed by atoms with van der Waals surface area (Å²) in [5, 5.41) is 3.21. The van der Waals surface area contributed by atoms with E-state index in [2.05, 4.69) is 62.2 Å². The van der Waals surface area contributed by atoms with Crippen molar-refractivity contribution < 1.29 is 19.1 Å². The summed E-state index contributed by atoms with van der Waals surface area (Å²) in [5.74, 6) is -0.146. The minimum absolute atomic E-state index is 0.0518. The summed E-state index contributed by atoms with van der Waals surface area (Å²) < 4.78 is 7.88. The van der Waals surface area contributed by atoms with Crippen molar-refractivity contribution in [1.29, 1.82) is 0 Å². The molecular weight excluding hydrogens is 690 g/mol. The summed E-state index contributed by atoms with van der Waals surface area (Å²) in [6.45, 7) is 4.84. The minimum atomic E-state index is -0.920. The Bertz CT molecular complexity index is 1270. The molecule has 0 spiro atoms. The van der Waals surface area contributed by atoms with Crippen LogP contribution >= 0.6 is 31.9 Å². The molecule has 240 valence electrons. The molecule has 1 N–H and O–H groups in total. The second-order valence-corrected chi connectivity index (χ2v) is 13.7. The van der Waals surface area contributed by atoms with E-state index in [1.165, 1.54) is 0 Å². The maximum Gasteiger partial charge on any atom is 0.410 e. The molecule has 2 saturated heterocycles. The van der Waals surface area contributed by atoms with Crippen molar-refractivity contribution in [1.82, 2.24) is 19.6 Å². The number of carbonyl (C=O) groups excluding carboxylic acids is 3. The minimum Gasteiger partial charge on any atom is -0.436 e. The summed E-state index contributed by atoms with van der Waals surface area (Å²) in [6.07, 6.45) is 3.67. The highest BCUT2D eigenvalue weighted by Gasteiger charge is 2.34. The van der Waals surface area contributed by atoms with E-state index in [4.69, 9.17) is 4.74 Å². The van der Waals surface area contributed by atoms with Crippen LogP contribution in [0.4, 0.5) is 10.5 Å². The van der Waals surface area contributed by atoms with Crippen molar-refractivity contribution in [2.75, 3.05) is 59.2 Å². The third kappa shape index (κ3) is 8.75. The van der Waals surface area contributed by atoms with Gasteiger partial charge in [-0.25, -0.2) is 4.79 Å². The third-order valence-corrected chi connectivity index (χ3v) is 10.7. The van der Waals surface area contributed by atoms with Gasteiger partial charge in [-0.1, -0.05) is 50.1 Å². The lowest BCUT2D eigenvalue weighted by Crippen LogP contribution is -2.51. The lowest BCUT2D eigenvalue weighted by molar-refractivity contribution is -0.142. The van der Waals surface area contributed by atoms with E-state index in [-0.39, 0.29) is 11.9 Å². The molecule has 2 aliphatic heterocycles. The molecule has 0 bridgehead atoms. The van der Waals surface area contributed by atoms with Crippen molar-refractivity contribution in [2.45, 2.75) is 63.6 Å². The Morgan fingerprint density at radius 3 is 2.18 bits per heavy atom. The smallest absolute Gasteiger partial charge is 0.410 e. The van der Waals surface area contributed by atoms with E-state index in [9.17, 15) is 14.4 Å². The number of benzene rings is 2. The lowest BCUT2D eigenvalue weighted by Gasteiger charge is -2.38. The van der Waals surface area contributed by atoms with Gasteiger partial charge in [0.25, 0.3) is 5.91 Å². The fourth-order valence-corrected chi connectivity index (χ4v) is 7.43. The van der Waals surface area contributed by atoms with E-state index in [1.807, 2.05) is 54.1 Å². The second-order valence-electron chi connectivity index (χ2n) is 12.0. The van der Waals surface area contributed by atoms with Crippen LogP contribution in [0.25, 0.3) is 0 Å². The molecule has 2 aromatic rings. The van der Waals surface area contributed by atoms with Gasteiger partial charge in [0.1, 0.15) is 0 Å². The molecule has 0 aliphatic carbocycles. The van der Waals surface area contributed by atoms with Crippen LogP contribution in [0.15, 0.2) is 45.3 Å². The number of piperidine rings is 2. The van der Waals surface area contributed by atoms with E-state index < -0.39 is 12.2 Å². The molecule has 0 unspecified atom stereocenters. The molecule has 2 fully saturated rings. The van der Waals surface area contributed by atoms with Crippen LogP contribution in [0, 0.1) is 6.92 Å². The van der Waals surface area contributed by atoms with Gasteiger partial charge in [0.05, 0.1) is 0 Å². The molecule has 2 heterocycles. The average Bonchev–Trinajstić information content (AvgIpc) is 3.03. The summed E-state index contributed by atoms with van der Waals surface area (Å²) in [7, 11) is 6.04. The fraction of sp³-hybridized carbons (Fsp3) is 0.545. The van der Waals surface area contributed by atoms with Crippen LogP contribution in [0.3, 0.4) is 0 Å². The number of hydrogen-bond acceptors (Lipinski definition) is 6. The first-order chi connectivity index (χ1) is 21.1. The number of nitrogens with one attached hydrogen (secondary N) is 1. The molecule has 11 heteroatoms. The highest BCUT2D eigenvalue weighted by Crippen LogP contribution is 2.28. The van der Waals surface area contributed by atoms with Gasteiger partial charge in [0, 0.05) is 72.9 Å². The average molecular weight is 736 g/mol. The number of hydrogen-bond donors (Lipinski definition) is 1. The third-order valence-electron chi connectivity index (χ3n) is 9.04. The molecular formula is C33H45Br2N5O4. The normalized spacial score (nSPS) is 17.0. The standard InChI is InChI=1S/C33H45Br2N5O4/c1-23-28(34)19-24(20-29(23)35)21-31(32(42)38-15-10-26(11-16-38)37(3)4)44-33(43)39-17-12-27(13-18-39)40(22-41)14-9-25-7-5-6-8-30(25)36-2/h5-8,19-20,22,26-27,31,36H,9-18,21H2,1-4H3/t31-/m1/s1. The van der Waals surface area contributed by atoms with E-state index in [0.29, 0.717) is 58.0 Å². The van der Waals surface area contributed by atoms with Crippen LogP contribution < -0.4 is 5.32 Å². The number of nitrogens with zero attached hydrogens (tertiary/aromatic N) is 4. The van der Waals surface area contributed by atoms with Gasteiger partial charge in [-0.3, -0.25) is 9.59 Å². The molecule has 2 aliphatic rings. The summed E-state index contributed by atoms with van der Waals surface area (Å²) in [4.78, 5) is 46.9. The van der Waals surface area contributed by atoms with E-state index in [0.717, 1.165) is 57.0 Å². The molecule has 44 heavy (non-hydrogen) atoms. The molecule has 3 amide bonds. The maximum absolute atomic E-state index is 13.8. The van der Waals surface area contributed by atoms with Gasteiger partial charge in [0.15, 0.2) is 6.10 Å². The topological polar surface area (TPSA) is 85.4 Å². The summed E-state index contributed by atoms with van der Waals surface area (Å²) in [5.41, 5.74) is 4.20. The molecule has 1 atom stereocenters. The first-order valence-corrected chi connectivity index (χ1v) is 17.0. The Morgan fingerprint density at radius 1 is 1.00 bits per heavy atom. The largest absolute Gasteiger partial charge is 0.436 e. The first-order valence-electron chi connectivity index (χ1n) is 15.4. The number of anilines is 1. The zero-order valence-corrected chi connectivity index (χ0v) is 29.4. The fourth-order valence-electron chi connectivity index (χ4n) is 6.14. The van der Waals surface area contributed by atoms with Crippen molar-refractivity contribution in [3.63, 3.8) is 0 Å². The SMILES string of the molecule is CNc1ccccc1CCN(C=O)C1CCN(C(=O)O[C@H](Cc2cc(Br)c(C)c(Br)c2)C(=O)N2CCC(N(C)C)CC2)CC1. The first kappa shape index (κ1) is 34.2. The number of ether oxygens (including phenoxy) is 1. The number of para-hydroxylation sites is 1. The number of carbonyl (C=O) groups is 3. The van der Waals surface area contributed by atoms with Gasteiger partial charge in [-0.15, -0.1) is 0 Å². The van der Waals surface area contributed by atoms with Crippen LogP contribution in [-0.2, 0) is 27.2 Å². The highest BCUT2D eigenvalue weighted by molar-refractivity contribution is 9.11. The van der Waals surface area contributed by atoms with Crippen molar-refractivity contribution in [2.24, 2.45) is 0 Å². The lowest BCUT2D eigenvalue weighted by atomic mass is 10.0. The molecule has 4 rings (SSSR count). The molecule has 0 radical (unpaired) electrons. The number of amides is 3. The Balaban J connectivity index is 1.38. The van der Waals surface area contributed by atoms with Crippen molar-refractivity contribution >= 4 is 56.0 Å². The predicted molar refractivity (Wildman–Crippen MR) is 181 cm³/mol. The van der Waals surface area contributed by atoms with Gasteiger partial charge < -0.3 is 29.7 Å². The number of halogens is 2. The quantitative estimate of drug-likeness (QED) is 0.315. The van der Waals surface area contributed by atoms with Crippen LogP contribution in [0.1, 0.15) is 42.4 Å². The predicted octanol–water partition coefficient (Wildman–Crippen LogP) is 5.33. The molecule has 0 aromatic heterocycles. The summed E-state index contributed by atoms with van der Waals surface area (Å²) in [6, 6.07) is 12.6. The molecule has 9 nitrogen and oxygen atoms in total. The molecule has 0 saturated carbocycles. The van der Waals surface area contributed by atoms with Crippen LogP contribution in [0.5, 0.6) is 0 Å². The van der Waals surface area contributed by atoms with Crippen LogP contribution in [-0.4, -0.2) is 110 Å². The van der Waals surface area contributed by atoms with E-state index in [1.54, 1.807) is 4.90 Å². The van der Waals surface area contributed by atoms with Gasteiger partial charge in [-0.2, -0.15) is 0 Å². The summed E-state index contributed by atoms with van der Waals surface area (Å²) >= 11 is 7.22. The Kier molecular flexibility index (Phi) is 12.5. The number of likely N-dealkylation sites (tertiary alicyclic amines) is 2. The van der Waals surface area contributed by atoms with Gasteiger partial charge in [0.2, 0.25) is 6.41 Å². The monoisotopic (exact) mass is 733 g/mol. The molecule has 2 aromatic carbocycles. The van der Waals surface area contributed by atoms with Gasteiger partial charge >= 0.3 is 6.09 Å². The van der Waals surface area contributed by atoms with Crippen molar-refractivity contribution in [3.05, 3.63) is 62.0 Å². The number of rotatable bonds is 11. The van der Waals surface area contributed by atoms with Crippen LogP contribution in [0.2, 0.25) is 0 Å². The van der Waals surface area contributed by atoms with Gasteiger partial charge in [-0.05, 0) is 88.0 Å². The second kappa shape index (κ2) is 16.1. The highest BCUT2D eigenvalue weighted by atomic mass is 79.9. The Morgan fingerprint density at radius 2 is 1.59 bits per heavy atom.